The van der Waals surface area contributed by atoms with E-state index in [1.165, 1.54) is 6.08 Å². The van der Waals surface area contributed by atoms with Gasteiger partial charge in [0.15, 0.2) is 11.6 Å². The molecule has 0 radical (unpaired) electrons. The van der Waals surface area contributed by atoms with Crippen molar-refractivity contribution in [1.29, 1.82) is 0 Å². The van der Waals surface area contributed by atoms with Crippen molar-refractivity contribution in [2.45, 2.75) is 115 Å². The summed E-state index contributed by atoms with van der Waals surface area (Å²) in [5.74, 6) is -4.68. The van der Waals surface area contributed by atoms with E-state index in [-0.39, 0.29) is 36.9 Å². The van der Waals surface area contributed by atoms with Crippen molar-refractivity contribution in [2.75, 3.05) is 0 Å². The summed E-state index contributed by atoms with van der Waals surface area (Å²) in [5.41, 5.74) is -4.11. The minimum atomic E-state index is -2.25. The molecule has 8 nitrogen and oxygen atoms in total. The van der Waals surface area contributed by atoms with Crippen LogP contribution < -0.4 is 0 Å². The Labute approximate surface area is 207 Å². The van der Waals surface area contributed by atoms with Gasteiger partial charge in [-0.05, 0) is 81.3 Å². The smallest absolute Gasteiger partial charge is 0.170 e. The molecule has 35 heavy (non-hydrogen) atoms. The topological polar surface area (TPSA) is 159 Å². The first-order valence-electron chi connectivity index (χ1n) is 13.1. The molecule has 4 aliphatic carbocycles. The third-order valence-corrected chi connectivity index (χ3v) is 10.4. The number of fused-ring (bicyclic) bond motifs is 5. The summed E-state index contributed by atoms with van der Waals surface area (Å²) < 4.78 is 0. The van der Waals surface area contributed by atoms with Gasteiger partial charge in [-0.25, -0.2) is 0 Å². The lowest BCUT2D eigenvalue weighted by atomic mass is 9.44. The number of carbonyl (C=O) groups is 1. The maximum absolute atomic E-state index is 13.3. The second kappa shape index (κ2) is 8.32. The highest BCUT2D eigenvalue weighted by Crippen LogP contribution is 2.70. The SMILES string of the molecule is C[C@H]([C@H](O)CCC(C)(C)O)[C@H]1CC[C@@]2(O)C3=CC(=O)[C@@H]4C[C@@H](O)[C@@H](O)C[C@]4(C)[C@H]3C(O)(O)C[C@]12C. The van der Waals surface area contributed by atoms with Crippen molar-refractivity contribution in [3.05, 3.63) is 11.6 Å². The van der Waals surface area contributed by atoms with Crippen LogP contribution in [0.2, 0.25) is 0 Å². The van der Waals surface area contributed by atoms with Crippen LogP contribution in [-0.4, -0.2) is 76.8 Å². The molecule has 4 rings (SSSR count). The minimum absolute atomic E-state index is 0.0255. The summed E-state index contributed by atoms with van der Waals surface area (Å²) in [4.78, 5) is 13.3. The molecule has 0 aliphatic heterocycles. The van der Waals surface area contributed by atoms with E-state index < -0.39 is 58.0 Å². The lowest BCUT2D eigenvalue weighted by Gasteiger charge is -2.63. The fourth-order valence-electron chi connectivity index (χ4n) is 8.53. The van der Waals surface area contributed by atoms with Crippen LogP contribution in [0.1, 0.15) is 79.6 Å². The first-order chi connectivity index (χ1) is 15.9. The van der Waals surface area contributed by atoms with Crippen LogP contribution in [0.25, 0.3) is 0 Å². The van der Waals surface area contributed by atoms with Crippen LogP contribution in [0.3, 0.4) is 0 Å². The van der Waals surface area contributed by atoms with Crippen molar-refractivity contribution in [3.63, 3.8) is 0 Å². The average Bonchev–Trinajstić information content (AvgIpc) is 2.97. The van der Waals surface area contributed by atoms with E-state index in [1.54, 1.807) is 20.8 Å². The third kappa shape index (κ3) is 4.04. The van der Waals surface area contributed by atoms with E-state index in [4.69, 9.17) is 0 Å². The van der Waals surface area contributed by atoms with E-state index >= 15 is 0 Å². The zero-order valence-corrected chi connectivity index (χ0v) is 21.6. The molecule has 3 saturated carbocycles. The van der Waals surface area contributed by atoms with Crippen molar-refractivity contribution >= 4 is 5.78 Å². The molecule has 0 saturated heterocycles. The Kier molecular flexibility index (Phi) is 6.46. The van der Waals surface area contributed by atoms with Gasteiger partial charge < -0.3 is 35.7 Å². The van der Waals surface area contributed by atoms with Gasteiger partial charge in [0.05, 0.1) is 29.5 Å². The van der Waals surface area contributed by atoms with Gasteiger partial charge in [-0.3, -0.25) is 4.79 Å². The summed E-state index contributed by atoms with van der Waals surface area (Å²) in [7, 11) is 0. The minimum Gasteiger partial charge on any atom is -0.393 e. The van der Waals surface area contributed by atoms with Gasteiger partial charge in [0, 0.05) is 23.7 Å². The first-order valence-corrected chi connectivity index (χ1v) is 13.1. The number of hydrogen-bond acceptors (Lipinski definition) is 8. The summed E-state index contributed by atoms with van der Waals surface area (Å²) >= 11 is 0. The molecule has 0 amide bonds. The quantitative estimate of drug-likeness (QED) is 0.278. The van der Waals surface area contributed by atoms with Gasteiger partial charge in [0.25, 0.3) is 0 Å². The highest BCUT2D eigenvalue weighted by molar-refractivity contribution is 5.95. The maximum atomic E-state index is 13.3. The highest BCUT2D eigenvalue weighted by atomic mass is 16.5. The second-order valence-corrected chi connectivity index (χ2v) is 13.3. The summed E-state index contributed by atoms with van der Waals surface area (Å²) in [5, 5.41) is 77.0. The highest BCUT2D eigenvalue weighted by Gasteiger charge is 2.73. The zero-order chi connectivity index (χ0) is 26.4. The monoisotopic (exact) mass is 496 g/mol. The number of carbonyl (C=O) groups excluding carboxylic acids is 1. The Morgan fingerprint density at radius 3 is 2.37 bits per heavy atom. The molecule has 3 fully saturated rings. The maximum Gasteiger partial charge on any atom is 0.170 e. The fourth-order valence-corrected chi connectivity index (χ4v) is 8.53. The van der Waals surface area contributed by atoms with Crippen molar-refractivity contribution in [2.24, 2.45) is 34.5 Å². The van der Waals surface area contributed by atoms with Gasteiger partial charge in [-0.2, -0.15) is 0 Å². The van der Waals surface area contributed by atoms with Crippen LogP contribution in [0.4, 0.5) is 0 Å². The molecule has 7 N–H and O–H groups in total. The molecule has 0 aromatic heterocycles. The predicted octanol–water partition coefficient (Wildman–Crippen LogP) is 1.03. The van der Waals surface area contributed by atoms with Crippen LogP contribution in [0.5, 0.6) is 0 Å². The number of aliphatic hydroxyl groups excluding tert-OH is 3. The number of aliphatic hydroxyl groups is 7. The van der Waals surface area contributed by atoms with Gasteiger partial charge in [-0.15, -0.1) is 0 Å². The van der Waals surface area contributed by atoms with Gasteiger partial charge >= 0.3 is 0 Å². The van der Waals surface area contributed by atoms with E-state index in [9.17, 15) is 40.5 Å². The Bertz CT molecular complexity index is 892. The predicted molar refractivity (Wildman–Crippen MR) is 128 cm³/mol. The first kappa shape index (κ1) is 27.2. The Morgan fingerprint density at radius 2 is 1.77 bits per heavy atom. The van der Waals surface area contributed by atoms with Crippen molar-refractivity contribution < 1.29 is 40.5 Å². The Hall–Kier alpha value is -0.870. The lowest BCUT2D eigenvalue weighted by Crippen LogP contribution is -2.69. The molecule has 0 bridgehead atoms. The number of allylic oxidation sites excluding steroid dienone is 1. The van der Waals surface area contributed by atoms with Crippen molar-refractivity contribution in [3.8, 4) is 0 Å². The van der Waals surface area contributed by atoms with Gasteiger partial charge in [-0.1, -0.05) is 20.8 Å². The zero-order valence-electron chi connectivity index (χ0n) is 21.6. The lowest BCUT2D eigenvalue weighted by molar-refractivity contribution is -0.291. The standard InChI is InChI=1S/C27H44O8/c1-14(18(28)7-8-23(2,3)32)15-6-9-26(33)17-11-19(29)16-10-20(30)21(31)12-24(16,4)22(17)27(34,35)13-25(15,26)5/h11,14-16,18,20-22,28,30-35H,6-10,12-13H2,1-5H3/t14-,15+,16-,18+,20+,21-,22-,24-,25+,26+/m0/s1. The summed E-state index contributed by atoms with van der Waals surface area (Å²) in [6, 6.07) is 0. The molecule has 8 heteroatoms. The van der Waals surface area contributed by atoms with Crippen LogP contribution >= 0.6 is 0 Å². The van der Waals surface area contributed by atoms with E-state index in [0.29, 0.717) is 31.3 Å². The van der Waals surface area contributed by atoms with Crippen LogP contribution in [-0.2, 0) is 4.79 Å². The average molecular weight is 497 g/mol. The van der Waals surface area contributed by atoms with Crippen LogP contribution in [0, 0.1) is 34.5 Å². The Balaban J connectivity index is 1.72. The molecular formula is C27H44O8. The molecular weight excluding hydrogens is 452 g/mol. The third-order valence-electron chi connectivity index (χ3n) is 10.4. The summed E-state index contributed by atoms with van der Waals surface area (Å²) in [6.45, 7) is 8.85. The molecule has 0 spiro atoms. The van der Waals surface area contributed by atoms with E-state index in [2.05, 4.69) is 0 Å². The molecule has 0 aromatic rings. The molecule has 10 atom stereocenters. The number of ketones is 1. The van der Waals surface area contributed by atoms with Gasteiger partial charge in [0.1, 0.15) is 0 Å². The fraction of sp³-hybridized carbons (Fsp3) is 0.889. The molecule has 0 heterocycles. The molecule has 200 valence electrons. The number of hydrogen-bond donors (Lipinski definition) is 7. The normalized spacial score (nSPS) is 46.8. The van der Waals surface area contributed by atoms with Crippen molar-refractivity contribution in [1.82, 2.24) is 0 Å². The van der Waals surface area contributed by atoms with Gasteiger partial charge in [0.2, 0.25) is 0 Å². The largest absolute Gasteiger partial charge is 0.393 e. The molecule has 0 unspecified atom stereocenters. The van der Waals surface area contributed by atoms with E-state index in [0.717, 1.165) is 0 Å². The molecule has 4 aliphatic rings. The van der Waals surface area contributed by atoms with Crippen LogP contribution in [0.15, 0.2) is 11.6 Å². The second-order valence-electron chi connectivity index (χ2n) is 13.3. The summed E-state index contributed by atoms with van der Waals surface area (Å²) in [6.07, 6.45) is 0.0645. The number of rotatable bonds is 5. The Morgan fingerprint density at radius 1 is 1.14 bits per heavy atom. The molecule has 0 aromatic carbocycles. The van der Waals surface area contributed by atoms with E-state index in [1.807, 2.05) is 13.8 Å².